The standard InChI is InChI=1S/C27H31F7N4O3/c1-2-36-19-12-18(13-20(14-19)38-10-6-9-23(38)40)24(41)37-21(11-17-7-4-3-5-8-17)22(39)15-35-16-25(28,29)26(30,31)27(32,33)34/h3-5,7-8,12-14,21-22,35-36,39H,2,6,9-11,15-16H2,1H3,(H,37,41). The summed E-state index contributed by atoms with van der Waals surface area (Å²) in [5.74, 6) is -12.6. The van der Waals surface area contributed by atoms with Gasteiger partial charge >= 0.3 is 18.0 Å². The molecule has 0 aliphatic carbocycles. The number of aliphatic hydroxyl groups is 1. The molecule has 7 nitrogen and oxygen atoms in total. The van der Waals surface area contributed by atoms with Crippen molar-refractivity contribution in [3.05, 3.63) is 59.7 Å². The van der Waals surface area contributed by atoms with Crippen LogP contribution >= 0.6 is 0 Å². The summed E-state index contributed by atoms with van der Waals surface area (Å²) in [4.78, 5) is 27.1. The molecule has 2 unspecified atom stereocenters. The first-order valence-electron chi connectivity index (χ1n) is 12.9. The summed E-state index contributed by atoms with van der Waals surface area (Å²) in [5, 5.41) is 18.2. The molecule has 1 aliphatic rings. The van der Waals surface area contributed by atoms with Crippen LogP contribution in [0.25, 0.3) is 0 Å². The summed E-state index contributed by atoms with van der Waals surface area (Å²) < 4.78 is 91.2. The van der Waals surface area contributed by atoms with E-state index in [4.69, 9.17) is 0 Å². The molecule has 0 aromatic heterocycles. The largest absolute Gasteiger partial charge is 0.459 e. The van der Waals surface area contributed by atoms with Gasteiger partial charge in [-0.1, -0.05) is 30.3 Å². The van der Waals surface area contributed by atoms with Gasteiger partial charge in [-0.25, -0.2) is 0 Å². The number of aliphatic hydroxyl groups excluding tert-OH is 1. The van der Waals surface area contributed by atoms with E-state index in [0.29, 0.717) is 42.9 Å². The van der Waals surface area contributed by atoms with Gasteiger partial charge < -0.3 is 26.0 Å². The highest BCUT2D eigenvalue weighted by atomic mass is 19.4. The van der Waals surface area contributed by atoms with Gasteiger partial charge in [0, 0.05) is 43.0 Å². The van der Waals surface area contributed by atoms with Crippen molar-refractivity contribution in [3.8, 4) is 0 Å². The number of alkyl halides is 7. The second kappa shape index (κ2) is 13.1. The van der Waals surface area contributed by atoms with Gasteiger partial charge in [-0.3, -0.25) is 9.59 Å². The minimum atomic E-state index is -6.47. The number of benzene rings is 2. The van der Waals surface area contributed by atoms with Crippen molar-refractivity contribution in [1.82, 2.24) is 10.6 Å². The third kappa shape index (κ3) is 7.88. The van der Waals surface area contributed by atoms with Gasteiger partial charge in [0.25, 0.3) is 5.91 Å². The van der Waals surface area contributed by atoms with Crippen molar-refractivity contribution in [2.75, 3.05) is 36.4 Å². The average Bonchev–Trinajstić information content (AvgIpc) is 3.33. The lowest BCUT2D eigenvalue weighted by Crippen LogP contribution is -2.57. The quantitative estimate of drug-likeness (QED) is 0.260. The molecule has 3 rings (SSSR count). The van der Waals surface area contributed by atoms with Crippen LogP contribution in [0.4, 0.5) is 42.1 Å². The third-order valence-electron chi connectivity index (χ3n) is 6.54. The minimum absolute atomic E-state index is 0.0189. The molecular formula is C27H31F7N4O3. The molecule has 0 spiro atoms. The van der Waals surface area contributed by atoms with E-state index < -0.39 is 49.2 Å². The molecule has 2 aromatic rings. The Kier molecular flexibility index (Phi) is 10.2. The number of amides is 2. The Bertz CT molecular complexity index is 1200. The molecule has 2 atom stereocenters. The van der Waals surface area contributed by atoms with Crippen LogP contribution in [0.1, 0.15) is 35.7 Å². The van der Waals surface area contributed by atoms with Gasteiger partial charge in [0.2, 0.25) is 5.91 Å². The van der Waals surface area contributed by atoms with E-state index in [2.05, 4.69) is 10.6 Å². The summed E-state index contributed by atoms with van der Waals surface area (Å²) in [5.41, 5.74) is 1.76. The SMILES string of the molecule is CCNc1cc(C(=O)NC(Cc2ccccc2)C(O)CNCC(F)(F)C(F)(F)C(F)(F)F)cc(N2CCCC2=O)c1. The zero-order chi connectivity index (χ0) is 30.4. The fourth-order valence-electron chi connectivity index (χ4n) is 4.37. The lowest BCUT2D eigenvalue weighted by molar-refractivity contribution is -0.352. The highest BCUT2D eigenvalue weighted by Gasteiger charge is 2.72. The lowest BCUT2D eigenvalue weighted by Gasteiger charge is -2.29. The summed E-state index contributed by atoms with van der Waals surface area (Å²) in [7, 11) is 0. The predicted octanol–water partition coefficient (Wildman–Crippen LogP) is 4.37. The summed E-state index contributed by atoms with van der Waals surface area (Å²) >= 11 is 0. The van der Waals surface area contributed by atoms with Crippen LogP contribution in [-0.4, -0.2) is 73.3 Å². The maximum atomic E-state index is 13.7. The first kappa shape index (κ1) is 32.1. The van der Waals surface area contributed by atoms with Crippen molar-refractivity contribution in [2.45, 2.75) is 56.4 Å². The van der Waals surface area contributed by atoms with E-state index in [1.807, 2.05) is 6.92 Å². The molecule has 1 aliphatic heterocycles. The van der Waals surface area contributed by atoms with Crippen molar-refractivity contribution in [1.29, 1.82) is 0 Å². The Morgan fingerprint density at radius 1 is 1.05 bits per heavy atom. The zero-order valence-electron chi connectivity index (χ0n) is 22.1. The van der Waals surface area contributed by atoms with E-state index >= 15 is 0 Å². The maximum Gasteiger partial charge on any atom is 0.459 e. The van der Waals surface area contributed by atoms with Crippen LogP contribution < -0.4 is 20.9 Å². The Balaban J connectivity index is 1.79. The Hall–Kier alpha value is -3.39. The topological polar surface area (TPSA) is 93.7 Å². The van der Waals surface area contributed by atoms with Crippen molar-refractivity contribution in [2.24, 2.45) is 0 Å². The molecule has 14 heteroatoms. The molecule has 226 valence electrons. The molecule has 1 saturated heterocycles. The second-order valence-electron chi connectivity index (χ2n) is 9.69. The van der Waals surface area contributed by atoms with Gasteiger partial charge in [0.1, 0.15) is 0 Å². The fourth-order valence-corrected chi connectivity index (χ4v) is 4.37. The number of carbonyl (C=O) groups is 2. The molecule has 0 saturated carbocycles. The van der Waals surface area contributed by atoms with E-state index in [9.17, 15) is 45.4 Å². The molecule has 2 aromatic carbocycles. The molecular weight excluding hydrogens is 561 g/mol. The number of nitrogens with zero attached hydrogens (tertiary/aromatic N) is 1. The van der Waals surface area contributed by atoms with Gasteiger partial charge in [0.15, 0.2) is 0 Å². The van der Waals surface area contributed by atoms with Crippen LogP contribution in [0.5, 0.6) is 0 Å². The normalized spacial score (nSPS) is 16.0. The lowest BCUT2D eigenvalue weighted by atomic mass is 10.00. The third-order valence-corrected chi connectivity index (χ3v) is 6.54. The molecule has 2 amide bonds. The number of rotatable bonds is 13. The summed E-state index contributed by atoms with van der Waals surface area (Å²) in [6, 6.07) is 12.0. The first-order chi connectivity index (χ1) is 19.2. The van der Waals surface area contributed by atoms with E-state index in [1.54, 1.807) is 41.7 Å². The van der Waals surface area contributed by atoms with Crippen LogP contribution in [0.2, 0.25) is 0 Å². The van der Waals surface area contributed by atoms with Crippen LogP contribution in [0.3, 0.4) is 0 Å². The number of hydrogen-bond donors (Lipinski definition) is 4. The highest BCUT2D eigenvalue weighted by Crippen LogP contribution is 2.46. The van der Waals surface area contributed by atoms with Gasteiger partial charge in [-0.2, -0.15) is 30.7 Å². The van der Waals surface area contributed by atoms with Gasteiger partial charge in [-0.05, 0) is 43.5 Å². The van der Waals surface area contributed by atoms with Crippen molar-refractivity contribution < 1.29 is 45.4 Å². The maximum absolute atomic E-state index is 13.7. The zero-order valence-corrected chi connectivity index (χ0v) is 22.1. The molecule has 1 fully saturated rings. The highest BCUT2D eigenvalue weighted by molar-refractivity contribution is 6.00. The van der Waals surface area contributed by atoms with E-state index in [1.165, 1.54) is 17.0 Å². The smallest absolute Gasteiger partial charge is 0.390 e. The summed E-state index contributed by atoms with van der Waals surface area (Å²) in [6.07, 6.45) is -7.14. The van der Waals surface area contributed by atoms with Gasteiger partial charge in [0.05, 0.1) is 18.7 Å². The number of nitrogens with one attached hydrogen (secondary N) is 3. The monoisotopic (exact) mass is 592 g/mol. The van der Waals surface area contributed by atoms with Crippen molar-refractivity contribution in [3.63, 3.8) is 0 Å². The van der Waals surface area contributed by atoms with Crippen LogP contribution in [0, 0.1) is 0 Å². The predicted molar refractivity (Wildman–Crippen MR) is 138 cm³/mol. The van der Waals surface area contributed by atoms with Gasteiger partial charge in [-0.15, -0.1) is 0 Å². The number of halogens is 7. The number of carbonyl (C=O) groups excluding carboxylic acids is 2. The van der Waals surface area contributed by atoms with Crippen LogP contribution in [-0.2, 0) is 11.2 Å². The molecule has 0 radical (unpaired) electrons. The molecule has 4 N–H and O–H groups in total. The summed E-state index contributed by atoms with van der Waals surface area (Å²) in [6.45, 7) is -0.0838. The van der Waals surface area contributed by atoms with E-state index in [-0.39, 0.29) is 17.9 Å². The number of hydrogen-bond acceptors (Lipinski definition) is 5. The molecule has 0 bridgehead atoms. The minimum Gasteiger partial charge on any atom is -0.390 e. The van der Waals surface area contributed by atoms with Crippen molar-refractivity contribution >= 4 is 23.2 Å². The average molecular weight is 593 g/mol. The Morgan fingerprint density at radius 3 is 2.32 bits per heavy atom. The molecule has 41 heavy (non-hydrogen) atoms. The first-order valence-corrected chi connectivity index (χ1v) is 12.9. The van der Waals surface area contributed by atoms with E-state index in [0.717, 1.165) is 0 Å². The Labute approximate surface area is 232 Å². The molecule has 1 heterocycles. The number of anilines is 2. The second-order valence-corrected chi connectivity index (χ2v) is 9.69. The Morgan fingerprint density at radius 2 is 1.73 bits per heavy atom. The van der Waals surface area contributed by atoms with Crippen LogP contribution in [0.15, 0.2) is 48.5 Å². The fraction of sp³-hybridized carbons (Fsp3) is 0.481.